The van der Waals surface area contributed by atoms with E-state index in [2.05, 4.69) is 10.1 Å². The first kappa shape index (κ1) is 11.4. The molecule has 0 amide bonds. The molecule has 0 saturated heterocycles. The van der Waals surface area contributed by atoms with Gasteiger partial charge in [-0.1, -0.05) is 48.3 Å². The maximum atomic E-state index is 6.13. The molecule has 1 aromatic heterocycles. The first-order valence-corrected chi connectivity index (χ1v) is 6.48. The predicted molar refractivity (Wildman–Crippen MR) is 68.0 cm³/mol. The second kappa shape index (κ2) is 4.90. The van der Waals surface area contributed by atoms with Gasteiger partial charge in [-0.05, 0) is 18.4 Å². The Kier molecular flexibility index (Phi) is 3.11. The van der Waals surface area contributed by atoms with E-state index in [0.29, 0.717) is 11.8 Å². The maximum Gasteiger partial charge on any atom is 0.248 e. The molecular formula is C14H17N3O. The lowest BCUT2D eigenvalue weighted by atomic mass is 10.1. The van der Waals surface area contributed by atoms with Crippen molar-refractivity contribution in [2.75, 3.05) is 0 Å². The van der Waals surface area contributed by atoms with Gasteiger partial charge in [0.1, 0.15) is 6.04 Å². The molecule has 94 valence electrons. The molecule has 1 fully saturated rings. The van der Waals surface area contributed by atoms with Crippen LogP contribution < -0.4 is 5.73 Å². The lowest BCUT2D eigenvalue weighted by molar-refractivity contribution is 0.359. The average Bonchev–Trinajstić information content (AvgIpc) is 3.09. The third-order valence-corrected chi connectivity index (χ3v) is 3.60. The molecule has 2 aromatic rings. The molecular weight excluding hydrogens is 226 g/mol. The second-order valence-electron chi connectivity index (χ2n) is 4.86. The molecule has 1 aliphatic carbocycles. The summed E-state index contributed by atoms with van der Waals surface area (Å²) in [5, 5.41) is 4.08. The Morgan fingerprint density at radius 2 is 1.89 bits per heavy atom. The predicted octanol–water partition coefficient (Wildman–Crippen LogP) is 2.78. The zero-order valence-electron chi connectivity index (χ0n) is 10.2. The fourth-order valence-electron chi connectivity index (χ4n) is 2.53. The van der Waals surface area contributed by atoms with E-state index < -0.39 is 0 Å². The van der Waals surface area contributed by atoms with Crippen LogP contribution in [0, 0.1) is 0 Å². The zero-order valence-corrected chi connectivity index (χ0v) is 10.2. The van der Waals surface area contributed by atoms with Crippen molar-refractivity contribution in [3.05, 3.63) is 47.6 Å². The minimum Gasteiger partial charge on any atom is -0.337 e. The maximum absolute atomic E-state index is 6.13. The molecule has 0 bridgehead atoms. The van der Waals surface area contributed by atoms with Crippen molar-refractivity contribution in [2.45, 2.75) is 37.6 Å². The number of hydrogen-bond acceptors (Lipinski definition) is 4. The van der Waals surface area contributed by atoms with E-state index >= 15 is 0 Å². The molecule has 3 rings (SSSR count). The summed E-state index contributed by atoms with van der Waals surface area (Å²) < 4.78 is 5.31. The van der Waals surface area contributed by atoms with Crippen LogP contribution in [-0.2, 0) is 0 Å². The van der Waals surface area contributed by atoms with Crippen molar-refractivity contribution < 1.29 is 4.52 Å². The minimum absolute atomic E-state index is 0.325. The summed E-state index contributed by atoms with van der Waals surface area (Å²) in [6, 6.07) is 9.52. The standard InChI is InChI=1S/C14H17N3O/c15-12(10-6-2-1-3-7-10)14-16-13(17-18-14)11-8-4-5-9-11/h1-3,6-7,11-12H,4-5,8-9,15H2. The van der Waals surface area contributed by atoms with Gasteiger partial charge in [-0.15, -0.1) is 0 Å². The summed E-state index contributed by atoms with van der Waals surface area (Å²) >= 11 is 0. The van der Waals surface area contributed by atoms with E-state index in [1.54, 1.807) is 0 Å². The highest BCUT2D eigenvalue weighted by atomic mass is 16.5. The van der Waals surface area contributed by atoms with Crippen LogP contribution in [0.3, 0.4) is 0 Å². The number of nitrogens with two attached hydrogens (primary N) is 1. The van der Waals surface area contributed by atoms with Crippen LogP contribution in [-0.4, -0.2) is 10.1 Å². The lowest BCUT2D eigenvalue weighted by Gasteiger charge is -2.06. The van der Waals surface area contributed by atoms with Crippen molar-refractivity contribution in [1.29, 1.82) is 0 Å². The molecule has 4 heteroatoms. The fourth-order valence-corrected chi connectivity index (χ4v) is 2.53. The smallest absolute Gasteiger partial charge is 0.248 e. The van der Waals surface area contributed by atoms with Gasteiger partial charge in [0.15, 0.2) is 5.82 Å². The number of hydrogen-bond donors (Lipinski definition) is 1. The quantitative estimate of drug-likeness (QED) is 0.900. The molecule has 0 spiro atoms. The SMILES string of the molecule is NC(c1ccccc1)c1nc(C2CCCC2)no1. The van der Waals surface area contributed by atoms with Gasteiger partial charge >= 0.3 is 0 Å². The van der Waals surface area contributed by atoms with Crippen LogP contribution in [0.25, 0.3) is 0 Å². The van der Waals surface area contributed by atoms with E-state index in [1.807, 2.05) is 30.3 Å². The van der Waals surface area contributed by atoms with Gasteiger partial charge in [-0.2, -0.15) is 4.98 Å². The van der Waals surface area contributed by atoms with E-state index in [1.165, 1.54) is 25.7 Å². The Morgan fingerprint density at radius 1 is 1.17 bits per heavy atom. The van der Waals surface area contributed by atoms with Gasteiger partial charge in [0.25, 0.3) is 0 Å². The Bertz CT molecular complexity index is 503. The molecule has 0 aliphatic heterocycles. The average molecular weight is 243 g/mol. The molecule has 1 aromatic carbocycles. The molecule has 1 heterocycles. The van der Waals surface area contributed by atoms with E-state index in [-0.39, 0.29) is 6.04 Å². The Morgan fingerprint density at radius 3 is 2.61 bits per heavy atom. The van der Waals surface area contributed by atoms with Crippen molar-refractivity contribution in [1.82, 2.24) is 10.1 Å². The first-order chi connectivity index (χ1) is 8.84. The van der Waals surface area contributed by atoms with Gasteiger partial charge < -0.3 is 10.3 Å². The van der Waals surface area contributed by atoms with Gasteiger partial charge in [0.05, 0.1) is 0 Å². The highest BCUT2D eigenvalue weighted by molar-refractivity contribution is 5.23. The third kappa shape index (κ3) is 2.16. The fraction of sp³-hybridized carbons (Fsp3) is 0.429. The van der Waals surface area contributed by atoms with E-state index in [9.17, 15) is 0 Å². The monoisotopic (exact) mass is 243 g/mol. The van der Waals surface area contributed by atoms with Crippen molar-refractivity contribution in [2.24, 2.45) is 5.73 Å². The van der Waals surface area contributed by atoms with Crippen LogP contribution >= 0.6 is 0 Å². The highest BCUT2D eigenvalue weighted by Crippen LogP contribution is 2.32. The summed E-state index contributed by atoms with van der Waals surface area (Å²) in [4.78, 5) is 4.47. The summed E-state index contributed by atoms with van der Waals surface area (Å²) in [6.07, 6.45) is 4.86. The van der Waals surface area contributed by atoms with Crippen molar-refractivity contribution in [3.8, 4) is 0 Å². The Labute approximate surface area is 106 Å². The van der Waals surface area contributed by atoms with Gasteiger partial charge in [0, 0.05) is 5.92 Å². The zero-order chi connectivity index (χ0) is 12.4. The Hall–Kier alpha value is -1.68. The van der Waals surface area contributed by atoms with Gasteiger partial charge in [-0.3, -0.25) is 0 Å². The largest absolute Gasteiger partial charge is 0.337 e. The highest BCUT2D eigenvalue weighted by Gasteiger charge is 2.24. The number of rotatable bonds is 3. The van der Waals surface area contributed by atoms with E-state index in [4.69, 9.17) is 10.3 Å². The van der Waals surface area contributed by atoms with Crippen molar-refractivity contribution in [3.63, 3.8) is 0 Å². The molecule has 2 N–H and O–H groups in total. The van der Waals surface area contributed by atoms with E-state index in [0.717, 1.165) is 11.4 Å². The van der Waals surface area contributed by atoms with Crippen molar-refractivity contribution >= 4 is 0 Å². The molecule has 18 heavy (non-hydrogen) atoms. The number of aromatic nitrogens is 2. The van der Waals surface area contributed by atoms with Gasteiger partial charge in [-0.25, -0.2) is 0 Å². The minimum atomic E-state index is -0.325. The summed E-state index contributed by atoms with van der Waals surface area (Å²) in [7, 11) is 0. The summed E-state index contributed by atoms with van der Waals surface area (Å²) in [6.45, 7) is 0. The lowest BCUT2D eigenvalue weighted by Crippen LogP contribution is -2.12. The topological polar surface area (TPSA) is 64.9 Å². The molecule has 1 unspecified atom stereocenters. The summed E-state index contributed by atoms with van der Waals surface area (Å²) in [5.74, 6) is 1.81. The Balaban J connectivity index is 1.80. The van der Waals surface area contributed by atoms with Gasteiger partial charge in [0.2, 0.25) is 5.89 Å². The third-order valence-electron chi connectivity index (χ3n) is 3.60. The van der Waals surface area contributed by atoms with Crippen LogP contribution in [0.1, 0.15) is 54.9 Å². The second-order valence-corrected chi connectivity index (χ2v) is 4.86. The molecule has 4 nitrogen and oxygen atoms in total. The molecule has 0 radical (unpaired) electrons. The van der Waals surface area contributed by atoms with Crippen LogP contribution in [0.5, 0.6) is 0 Å². The van der Waals surface area contributed by atoms with Crippen LogP contribution in [0.2, 0.25) is 0 Å². The first-order valence-electron chi connectivity index (χ1n) is 6.48. The summed E-state index contributed by atoms with van der Waals surface area (Å²) in [5.41, 5.74) is 7.13. The normalized spacial score (nSPS) is 18.1. The molecule has 1 aliphatic rings. The molecule has 1 saturated carbocycles. The van der Waals surface area contributed by atoms with Crippen LogP contribution in [0.15, 0.2) is 34.9 Å². The number of benzene rings is 1. The number of nitrogens with zero attached hydrogens (tertiary/aromatic N) is 2. The molecule has 1 atom stereocenters. The van der Waals surface area contributed by atoms with Crippen LogP contribution in [0.4, 0.5) is 0 Å².